The maximum Gasteiger partial charge on any atom is 0.287 e. The standard InChI is InChI=1S/C21H14BrF4N3O2/c22-12-5-3-4-11(8-12)16-9-14(13-6-1-2-7-15(13)27-16)19(30)29-21(31,20(25)26)10-17(28-29)18(23)24/h1-9,18,20,31H,10H2. The van der Waals surface area contributed by atoms with Crippen molar-refractivity contribution in [1.29, 1.82) is 0 Å². The number of alkyl halides is 4. The van der Waals surface area contributed by atoms with E-state index < -0.39 is 36.6 Å². The third kappa shape index (κ3) is 3.81. The summed E-state index contributed by atoms with van der Waals surface area (Å²) in [6, 6.07) is 14.9. The molecule has 10 heteroatoms. The lowest BCUT2D eigenvalue weighted by Crippen LogP contribution is -2.51. The Hall–Kier alpha value is -2.85. The summed E-state index contributed by atoms with van der Waals surface area (Å²) in [4.78, 5) is 17.8. The van der Waals surface area contributed by atoms with Crippen LogP contribution in [0.3, 0.4) is 0 Å². The van der Waals surface area contributed by atoms with Gasteiger partial charge in [-0.2, -0.15) is 10.1 Å². The Morgan fingerprint density at radius 1 is 1.10 bits per heavy atom. The minimum atomic E-state index is -3.51. The number of nitrogens with zero attached hydrogens (tertiary/aromatic N) is 3. The first kappa shape index (κ1) is 21.4. The molecule has 0 bridgehead atoms. The summed E-state index contributed by atoms with van der Waals surface area (Å²) in [5.41, 5.74) is -2.86. The number of hydrazone groups is 1. The smallest absolute Gasteiger partial charge is 0.287 e. The summed E-state index contributed by atoms with van der Waals surface area (Å²) in [6.07, 6.45) is -7.83. The van der Waals surface area contributed by atoms with Crippen LogP contribution in [0.15, 0.2) is 64.2 Å². The number of halogens is 5. The van der Waals surface area contributed by atoms with E-state index in [2.05, 4.69) is 26.0 Å². The fourth-order valence-electron chi connectivity index (χ4n) is 3.37. The van der Waals surface area contributed by atoms with Gasteiger partial charge in [0.1, 0.15) is 5.71 Å². The molecule has 0 saturated heterocycles. The normalized spacial score (nSPS) is 18.8. The second-order valence-electron chi connectivity index (χ2n) is 6.95. The van der Waals surface area contributed by atoms with E-state index in [4.69, 9.17) is 0 Å². The lowest BCUT2D eigenvalue weighted by Gasteiger charge is -2.30. The van der Waals surface area contributed by atoms with Gasteiger partial charge in [0.15, 0.2) is 0 Å². The predicted octanol–water partition coefficient (Wildman–Crippen LogP) is 5.09. The molecule has 1 N–H and O–H groups in total. The van der Waals surface area contributed by atoms with E-state index in [9.17, 15) is 27.5 Å². The SMILES string of the molecule is O=C(c1cc(-c2cccc(Br)c2)nc2ccccc12)N1N=C(C(F)F)CC1(O)C(F)F. The van der Waals surface area contributed by atoms with Crippen LogP contribution in [0.2, 0.25) is 0 Å². The van der Waals surface area contributed by atoms with Gasteiger partial charge in [-0.05, 0) is 24.3 Å². The van der Waals surface area contributed by atoms with Crippen molar-refractivity contribution in [3.8, 4) is 11.3 Å². The maximum absolute atomic E-state index is 13.6. The molecule has 0 saturated carbocycles. The first-order chi connectivity index (χ1) is 14.7. The quantitative estimate of drug-likeness (QED) is 0.513. The summed E-state index contributed by atoms with van der Waals surface area (Å²) >= 11 is 3.35. The number of pyridine rings is 1. The van der Waals surface area contributed by atoms with Crippen molar-refractivity contribution in [2.45, 2.75) is 25.0 Å². The van der Waals surface area contributed by atoms with E-state index in [-0.39, 0.29) is 10.6 Å². The predicted molar refractivity (Wildman–Crippen MR) is 110 cm³/mol. The van der Waals surface area contributed by atoms with Crippen molar-refractivity contribution in [3.63, 3.8) is 0 Å². The molecule has 1 aliphatic rings. The van der Waals surface area contributed by atoms with Crippen molar-refractivity contribution in [2.24, 2.45) is 5.10 Å². The van der Waals surface area contributed by atoms with Crippen molar-refractivity contribution in [3.05, 3.63) is 64.6 Å². The molecule has 1 amide bonds. The highest BCUT2D eigenvalue weighted by Crippen LogP contribution is 2.36. The second-order valence-corrected chi connectivity index (χ2v) is 7.86. The number of rotatable bonds is 4. The van der Waals surface area contributed by atoms with Crippen LogP contribution in [0.4, 0.5) is 17.6 Å². The van der Waals surface area contributed by atoms with Crippen LogP contribution in [-0.2, 0) is 0 Å². The highest BCUT2D eigenvalue weighted by Gasteiger charge is 2.53. The summed E-state index contributed by atoms with van der Waals surface area (Å²) in [5.74, 6) is -1.13. The van der Waals surface area contributed by atoms with Gasteiger partial charge in [-0.3, -0.25) is 4.79 Å². The molecule has 0 radical (unpaired) electrons. The fraction of sp³-hybridized carbons (Fsp3) is 0.190. The number of benzene rings is 2. The third-order valence-electron chi connectivity index (χ3n) is 4.90. The first-order valence-corrected chi connectivity index (χ1v) is 9.86. The highest BCUT2D eigenvalue weighted by molar-refractivity contribution is 9.10. The molecule has 2 aromatic carbocycles. The lowest BCUT2D eigenvalue weighted by atomic mass is 10.0. The van der Waals surface area contributed by atoms with Crippen molar-refractivity contribution in [1.82, 2.24) is 9.99 Å². The van der Waals surface area contributed by atoms with Crippen LogP contribution in [0.1, 0.15) is 16.8 Å². The van der Waals surface area contributed by atoms with E-state index in [1.165, 1.54) is 6.07 Å². The molecule has 0 fully saturated rings. The average Bonchev–Trinajstić information content (AvgIpc) is 3.12. The van der Waals surface area contributed by atoms with E-state index >= 15 is 0 Å². The molecular weight excluding hydrogens is 482 g/mol. The van der Waals surface area contributed by atoms with Crippen LogP contribution < -0.4 is 0 Å². The molecule has 2 heterocycles. The first-order valence-electron chi connectivity index (χ1n) is 9.07. The van der Waals surface area contributed by atoms with Crippen LogP contribution in [-0.4, -0.2) is 45.3 Å². The summed E-state index contributed by atoms with van der Waals surface area (Å²) in [7, 11) is 0. The fourth-order valence-corrected chi connectivity index (χ4v) is 3.76. The Balaban J connectivity index is 1.89. The van der Waals surface area contributed by atoms with Crippen LogP contribution in [0.5, 0.6) is 0 Å². The topological polar surface area (TPSA) is 65.8 Å². The number of hydrogen-bond donors (Lipinski definition) is 1. The lowest BCUT2D eigenvalue weighted by molar-refractivity contribution is -0.164. The zero-order valence-corrected chi connectivity index (χ0v) is 17.2. The Bertz CT molecular complexity index is 1200. The molecule has 5 nitrogen and oxygen atoms in total. The van der Waals surface area contributed by atoms with Crippen LogP contribution >= 0.6 is 15.9 Å². The molecule has 1 aliphatic heterocycles. The van der Waals surface area contributed by atoms with Crippen LogP contribution in [0.25, 0.3) is 22.2 Å². The Morgan fingerprint density at radius 2 is 1.84 bits per heavy atom. The largest absolute Gasteiger partial charge is 0.364 e. The van der Waals surface area contributed by atoms with Gasteiger partial charge in [0.25, 0.3) is 18.8 Å². The third-order valence-corrected chi connectivity index (χ3v) is 5.39. The Labute approximate surface area is 182 Å². The molecule has 0 aliphatic carbocycles. The van der Waals surface area contributed by atoms with Gasteiger partial charge >= 0.3 is 0 Å². The maximum atomic E-state index is 13.6. The Kier molecular flexibility index (Phi) is 5.52. The minimum absolute atomic E-state index is 0.0611. The molecular formula is C21H14BrF4N3O2. The molecule has 1 aromatic heterocycles. The number of hydrogen-bond acceptors (Lipinski definition) is 4. The summed E-state index contributed by atoms with van der Waals surface area (Å²) in [6.45, 7) is 0. The van der Waals surface area contributed by atoms with E-state index in [1.54, 1.807) is 48.5 Å². The van der Waals surface area contributed by atoms with Crippen molar-refractivity contribution >= 4 is 38.5 Å². The van der Waals surface area contributed by atoms with Gasteiger partial charge in [-0.15, -0.1) is 0 Å². The second kappa shape index (κ2) is 8.01. The Morgan fingerprint density at radius 3 is 2.52 bits per heavy atom. The molecule has 0 spiro atoms. The van der Waals surface area contributed by atoms with Crippen molar-refractivity contribution in [2.75, 3.05) is 0 Å². The van der Waals surface area contributed by atoms with E-state index in [0.29, 0.717) is 22.2 Å². The van der Waals surface area contributed by atoms with Gasteiger partial charge in [0, 0.05) is 21.8 Å². The van der Waals surface area contributed by atoms with Gasteiger partial charge in [0.2, 0.25) is 5.72 Å². The zero-order valence-electron chi connectivity index (χ0n) is 15.6. The van der Waals surface area contributed by atoms with Gasteiger partial charge < -0.3 is 5.11 Å². The number of fused-ring (bicyclic) bond motifs is 1. The highest BCUT2D eigenvalue weighted by atomic mass is 79.9. The molecule has 3 aromatic rings. The summed E-state index contributed by atoms with van der Waals surface area (Å²) in [5, 5.41) is 14.1. The molecule has 31 heavy (non-hydrogen) atoms. The molecule has 1 unspecified atom stereocenters. The number of amides is 1. The van der Waals surface area contributed by atoms with Crippen LogP contribution in [0, 0.1) is 0 Å². The monoisotopic (exact) mass is 495 g/mol. The van der Waals surface area contributed by atoms with Gasteiger partial charge in [-0.25, -0.2) is 22.5 Å². The average molecular weight is 496 g/mol. The minimum Gasteiger partial charge on any atom is -0.364 e. The van der Waals surface area contributed by atoms with E-state index in [0.717, 1.165) is 4.47 Å². The number of carbonyl (C=O) groups excluding carboxylic acids is 1. The summed E-state index contributed by atoms with van der Waals surface area (Å²) < 4.78 is 54.2. The van der Waals surface area contributed by atoms with E-state index in [1.807, 2.05) is 0 Å². The zero-order chi connectivity index (χ0) is 22.3. The molecule has 1 atom stereocenters. The number of aromatic nitrogens is 1. The van der Waals surface area contributed by atoms with Gasteiger partial charge in [0.05, 0.1) is 16.8 Å². The van der Waals surface area contributed by atoms with Crippen molar-refractivity contribution < 1.29 is 27.5 Å². The number of para-hydroxylation sites is 1. The molecule has 4 rings (SSSR count). The number of carbonyl (C=O) groups is 1. The molecule has 160 valence electrons. The number of aliphatic hydroxyl groups is 1. The van der Waals surface area contributed by atoms with Gasteiger partial charge in [-0.1, -0.05) is 46.3 Å².